The minimum Gasteiger partial charge on any atom is -0.494 e. The van der Waals surface area contributed by atoms with E-state index < -0.39 is 26.7 Å². The summed E-state index contributed by atoms with van der Waals surface area (Å²) in [7, 11) is 0.860. The molecule has 35 heavy (non-hydrogen) atoms. The standard InChI is InChI=1S/C21H23FN8O4S/c1-13(8-18-23-9-14(22)10-24-18)35(31,32)12-19-26-27-21(15-11-25-29(2)28-15)30(19)20-16(33-3)6-5-7-17(20)34-4/h5-7,9-11,13H,8,12H2,1-4H3/t13-/m1/s1. The van der Waals surface area contributed by atoms with E-state index in [4.69, 9.17) is 9.47 Å². The summed E-state index contributed by atoms with van der Waals surface area (Å²) in [6, 6.07) is 5.17. The molecule has 0 aliphatic rings. The van der Waals surface area contributed by atoms with Crippen molar-refractivity contribution in [2.45, 2.75) is 24.3 Å². The number of methoxy groups -OCH3 is 2. The van der Waals surface area contributed by atoms with Gasteiger partial charge in [0.2, 0.25) is 0 Å². The molecule has 12 nitrogen and oxygen atoms in total. The van der Waals surface area contributed by atoms with Gasteiger partial charge in [-0.3, -0.25) is 4.57 Å². The Hall–Kier alpha value is -3.94. The van der Waals surface area contributed by atoms with E-state index >= 15 is 0 Å². The summed E-state index contributed by atoms with van der Waals surface area (Å²) in [5.74, 6) is 0.390. The Balaban J connectivity index is 1.79. The molecule has 1 atom stereocenters. The SMILES string of the molecule is COc1cccc(OC)c1-n1c(CS(=O)(=O)[C@H](C)Cc2ncc(F)cn2)nnc1-c1cnn(C)n1. The molecule has 0 N–H and O–H groups in total. The van der Waals surface area contributed by atoms with E-state index in [2.05, 4.69) is 30.4 Å². The highest BCUT2D eigenvalue weighted by molar-refractivity contribution is 7.91. The van der Waals surface area contributed by atoms with Gasteiger partial charge in [-0.1, -0.05) is 6.07 Å². The number of ether oxygens (including phenoxy) is 2. The summed E-state index contributed by atoms with van der Waals surface area (Å²) in [4.78, 5) is 9.08. The highest BCUT2D eigenvalue weighted by Gasteiger charge is 2.30. The number of sulfone groups is 1. The van der Waals surface area contributed by atoms with Crippen LogP contribution in [-0.4, -0.2) is 67.6 Å². The maximum absolute atomic E-state index is 13.3. The normalized spacial score (nSPS) is 12.5. The zero-order valence-electron chi connectivity index (χ0n) is 19.5. The Morgan fingerprint density at radius 2 is 1.71 bits per heavy atom. The van der Waals surface area contributed by atoms with Gasteiger partial charge in [0.1, 0.15) is 28.8 Å². The van der Waals surface area contributed by atoms with E-state index in [-0.39, 0.29) is 23.9 Å². The smallest absolute Gasteiger partial charge is 0.191 e. The first-order valence-corrected chi connectivity index (χ1v) is 12.2. The molecule has 1 aromatic carbocycles. The Kier molecular flexibility index (Phi) is 6.73. The topological polar surface area (TPSA) is 140 Å². The van der Waals surface area contributed by atoms with Crippen LogP contribution in [0.4, 0.5) is 4.39 Å². The molecular formula is C21H23FN8O4S. The second kappa shape index (κ2) is 9.74. The van der Waals surface area contributed by atoms with Crippen molar-refractivity contribution in [3.8, 4) is 28.7 Å². The van der Waals surface area contributed by atoms with Crippen LogP contribution >= 0.6 is 0 Å². The van der Waals surface area contributed by atoms with Crippen LogP contribution < -0.4 is 9.47 Å². The maximum atomic E-state index is 13.3. The first kappa shape index (κ1) is 24.2. The molecule has 3 heterocycles. The number of para-hydroxylation sites is 1. The van der Waals surface area contributed by atoms with Crippen molar-refractivity contribution in [1.29, 1.82) is 0 Å². The fraction of sp³-hybridized carbons (Fsp3) is 0.333. The molecular weight excluding hydrogens is 479 g/mol. The Bertz CT molecular complexity index is 1410. The molecule has 4 rings (SSSR count). The Morgan fingerprint density at radius 3 is 2.29 bits per heavy atom. The summed E-state index contributed by atoms with van der Waals surface area (Å²) in [5, 5.41) is 15.9. The van der Waals surface area contributed by atoms with Crippen molar-refractivity contribution in [3.63, 3.8) is 0 Å². The van der Waals surface area contributed by atoms with Crippen LogP contribution in [0, 0.1) is 5.82 Å². The zero-order valence-corrected chi connectivity index (χ0v) is 20.3. The number of nitrogens with zero attached hydrogens (tertiary/aromatic N) is 8. The summed E-state index contributed by atoms with van der Waals surface area (Å²) >= 11 is 0. The molecule has 0 unspecified atom stereocenters. The zero-order chi connectivity index (χ0) is 25.2. The lowest BCUT2D eigenvalue weighted by Crippen LogP contribution is -2.24. The minimum atomic E-state index is -3.77. The predicted molar refractivity (Wildman–Crippen MR) is 122 cm³/mol. The fourth-order valence-electron chi connectivity index (χ4n) is 3.46. The van der Waals surface area contributed by atoms with E-state index in [1.807, 2.05) is 0 Å². The Labute approximate surface area is 200 Å². The van der Waals surface area contributed by atoms with Gasteiger partial charge in [0.15, 0.2) is 33.0 Å². The molecule has 0 spiro atoms. The van der Waals surface area contributed by atoms with Crippen LogP contribution in [0.25, 0.3) is 17.2 Å². The van der Waals surface area contributed by atoms with E-state index in [1.165, 1.54) is 32.1 Å². The van der Waals surface area contributed by atoms with Crippen LogP contribution in [0.1, 0.15) is 18.6 Å². The van der Waals surface area contributed by atoms with Gasteiger partial charge in [0.25, 0.3) is 0 Å². The number of halogens is 1. The molecule has 0 fully saturated rings. The van der Waals surface area contributed by atoms with Gasteiger partial charge in [0.05, 0.1) is 38.1 Å². The molecule has 3 aromatic heterocycles. The second-order valence-corrected chi connectivity index (χ2v) is 10.1. The third-order valence-corrected chi connectivity index (χ3v) is 7.32. The van der Waals surface area contributed by atoms with Crippen molar-refractivity contribution >= 4 is 9.84 Å². The van der Waals surface area contributed by atoms with Gasteiger partial charge in [-0.05, 0) is 19.1 Å². The van der Waals surface area contributed by atoms with Gasteiger partial charge in [0, 0.05) is 13.5 Å². The molecule has 0 bridgehead atoms. The molecule has 0 radical (unpaired) electrons. The Morgan fingerprint density at radius 1 is 1.06 bits per heavy atom. The second-order valence-electron chi connectivity index (χ2n) is 7.65. The molecule has 0 aliphatic carbocycles. The fourth-order valence-corrected chi connectivity index (χ4v) is 4.70. The van der Waals surface area contributed by atoms with Crippen molar-refractivity contribution in [2.75, 3.05) is 14.2 Å². The molecule has 4 aromatic rings. The van der Waals surface area contributed by atoms with Gasteiger partial charge < -0.3 is 9.47 Å². The first-order chi connectivity index (χ1) is 16.7. The van der Waals surface area contributed by atoms with E-state index in [0.29, 0.717) is 22.9 Å². The molecule has 14 heteroatoms. The van der Waals surface area contributed by atoms with Crippen molar-refractivity contribution < 1.29 is 22.3 Å². The summed E-state index contributed by atoms with van der Waals surface area (Å²) < 4.78 is 52.4. The predicted octanol–water partition coefficient (Wildman–Crippen LogP) is 1.56. The van der Waals surface area contributed by atoms with Gasteiger partial charge in [-0.15, -0.1) is 10.2 Å². The van der Waals surface area contributed by atoms with Crippen LogP contribution in [0.15, 0.2) is 36.8 Å². The largest absolute Gasteiger partial charge is 0.494 e. The van der Waals surface area contributed by atoms with Crippen molar-refractivity contribution in [3.05, 3.63) is 54.3 Å². The number of aromatic nitrogens is 8. The first-order valence-electron chi connectivity index (χ1n) is 10.4. The van der Waals surface area contributed by atoms with Crippen LogP contribution in [0.2, 0.25) is 0 Å². The van der Waals surface area contributed by atoms with Gasteiger partial charge in [-0.2, -0.15) is 15.0 Å². The highest BCUT2D eigenvalue weighted by atomic mass is 32.2. The quantitative estimate of drug-likeness (QED) is 0.331. The molecule has 0 saturated heterocycles. The number of benzene rings is 1. The van der Waals surface area contributed by atoms with Crippen LogP contribution in [-0.2, 0) is 29.1 Å². The minimum absolute atomic E-state index is 0.00570. The van der Waals surface area contributed by atoms with Crippen LogP contribution in [0.3, 0.4) is 0 Å². The van der Waals surface area contributed by atoms with Gasteiger partial charge >= 0.3 is 0 Å². The summed E-state index contributed by atoms with van der Waals surface area (Å²) in [5.41, 5.74) is 0.798. The van der Waals surface area contributed by atoms with E-state index in [9.17, 15) is 12.8 Å². The van der Waals surface area contributed by atoms with E-state index in [1.54, 1.807) is 29.8 Å². The van der Waals surface area contributed by atoms with Gasteiger partial charge in [-0.25, -0.2) is 22.8 Å². The molecule has 184 valence electrons. The molecule has 0 aliphatic heterocycles. The lowest BCUT2D eigenvalue weighted by molar-refractivity contribution is 0.390. The number of hydrogen-bond donors (Lipinski definition) is 0. The number of hydrogen-bond acceptors (Lipinski definition) is 10. The monoisotopic (exact) mass is 502 g/mol. The number of aryl methyl sites for hydroxylation is 1. The summed E-state index contributed by atoms with van der Waals surface area (Å²) in [6.07, 6.45) is 3.50. The lowest BCUT2D eigenvalue weighted by atomic mass is 10.2. The molecule has 0 saturated carbocycles. The average molecular weight is 503 g/mol. The number of rotatable bonds is 9. The third-order valence-electron chi connectivity index (χ3n) is 5.27. The summed E-state index contributed by atoms with van der Waals surface area (Å²) in [6.45, 7) is 1.54. The highest BCUT2D eigenvalue weighted by Crippen LogP contribution is 2.36. The third kappa shape index (κ3) is 4.96. The van der Waals surface area contributed by atoms with Crippen LogP contribution in [0.5, 0.6) is 11.5 Å². The average Bonchev–Trinajstić information content (AvgIpc) is 3.45. The van der Waals surface area contributed by atoms with Crippen molar-refractivity contribution in [2.24, 2.45) is 7.05 Å². The maximum Gasteiger partial charge on any atom is 0.191 e. The molecule has 0 amide bonds. The van der Waals surface area contributed by atoms with Crippen molar-refractivity contribution in [1.82, 2.24) is 39.7 Å². The van der Waals surface area contributed by atoms with E-state index in [0.717, 1.165) is 12.4 Å². The lowest BCUT2D eigenvalue weighted by Gasteiger charge is -2.17.